The Balaban J connectivity index is 1.57. The van der Waals surface area contributed by atoms with Gasteiger partial charge in [0, 0.05) is 36.4 Å². The van der Waals surface area contributed by atoms with Crippen molar-refractivity contribution < 1.29 is 32.2 Å². The van der Waals surface area contributed by atoms with Crippen LogP contribution in [0, 0.1) is 0 Å². The standard InChI is InChI=1S/C33H43F3N4O4S/c1-4-37-27-18-24(19-28(21-27)40-15-8-9-16-45(40,43)44)31(42)39-29(17-23-11-6-5-7-12-23)30(41)22-38-32(2,3)25-13-10-14-26(20-25)33(34,35)36/h5-7,10-14,18-21,29-30,37-38,41,43-44H,4,8-9,15-17,22H2,1-3H3,(H,39,42). The molecule has 4 rings (SSSR count). The first kappa shape index (κ1) is 34.6. The number of anilines is 2. The zero-order valence-corrected chi connectivity index (χ0v) is 26.6. The molecule has 1 fully saturated rings. The second kappa shape index (κ2) is 14.4. The Bertz CT molecular complexity index is 1440. The fraction of sp³-hybridized carbons (Fsp3) is 0.424. The third-order valence-corrected chi connectivity index (χ3v) is 9.91. The number of hydrogen-bond donors (Lipinski definition) is 6. The van der Waals surface area contributed by atoms with E-state index in [0.29, 0.717) is 42.9 Å². The third-order valence-electron chi connectivity index (χ3n) is 7.98. The molecule has 6 N–H and O–H groups in total. The van der Waals surface area contributed by atoms with Crippen molar-refractivity contribution in [1.29, 1.82) is 0 Å². The van der Waals surface area contributed by atoms with Gasteiger partial charge in [-0.05, 0) is 81.5 Å². The Kier molecular flexibility index (Phi) is 11.1. The molecule has 0 bridgehead atoms. The predicted molar refractivity (Wildman–Crippen MR) is 175 cm³/mol. The number of amides is 1. The van der Waals surface area contributed by atoms with E-state index in [2.05, 4.69) is 16.0 Å². The molecule has 1 amide bonds. The van der Waals surface area contributed by atoms with Crippen LogP contribution in [0.2, 0.25) is 0 Å². The highest BCUT2D eigenvalue weighted by atomic mass is 32.3. The topological polar surface area (TPSA) is 117 Å². The summed E-state index contributed by atoms with van der Waals surface area (Å²) in [6, 6.07) is 18.8. The van der Waals surface area contributed by atoms with E-state index in [4.69, 9.17) is 0 Å². The number of carbonyl (C=O) groups is 1. The molecule has 0 aromatic heterocycles. The summed E-state index contributed by atoms with van der Waals surface area (Å²) < 4.78 is 63.1. The fourth-order valence-electron chi connectivity index (χ4n) is 5.39. The summed E-state index contributed by atoms with van der Waals surface area (Å²) in [5.41, 5.74) is 1.05. The lowest BCUT2D eigenvalue weighted by Crippen LogP contribution is -2.51. The Morgan fingerprint density at radius 2 is 1.69 bits per heavy atom. The lowest BCUT2D eigenvalue weighted by Gasteiger charge is -2.47. The van der Waals surface area contributed by atoms with Gasteiger partial charge in [-0.25, -0.2) is 0 Å². The zero-order chi connectivity index (χ0) is 32.8. The van der Waals surface area contributed by atoms with E-state index in [1.807, 2.05) is 37.3 Å². The van der Waals surface area contributed by atoms with Gasteiger partial charge < -0.3 is 21.1 Å². The highest BCUT2D eigenvalue weighted by Gasteiger charge is 2.33. The molecule has 45 heavy (non-hydrogen) atoms. The lowest BCUT2D eigenvalue weighted by atomic mass is 9.92. The number of nitrogens with one attached hydrogen (secondary N) is 3. The summed E-state index contributed by atoms with van der Waals surface area (Å²) in [6.07, 6.45) is -3.79. The maximum absolute atomic E-state index is 13.7. The number of benzene rings is 3. The second-order valence-electron chi connectivity index (χ2n) is 11.9. The van der Waals surface area contributed by atoms with Gasteiger partial charge in [0.2, 0.25) is 0 Å². The van der Waals surface area contributed by atoms with E-state index in [9.17, 15) is 32.2 Å². The van der Waals surface area contributed by atoms with Crippen LogP contribution in [0.3, 0.4) is 0 Å². The number of alkyl halides is 3. The van der Waals surface area contributed by atoms with Gasteiger partial charge >= 0.3 is 6.18 Å². The molecule has 0 aliphatic carbocycles. The molecular formula is C33H43F3N4O4S. The number of nitrogens with zero attached hydrogens (tertiary/aromatic N) is 1. The molecule has 8 nitrogen and oxygen atoms in total. The quantitative estimate of drug-likeness (QED) is 0.131. The van der Waals surface area contributed by atoms with Crippen molar-refractivity contribution in [3.8, 4) is 0 Å². The van der Waals surface area contributed by atoms with Crippen LogP contribution < -0.4 is 20.3 Å². The highest BCUT2D eigenvalue weighted by molar-refractivity contribution is 8.25. The molecule has 3 aromatic rings. The van der Waals surface area contributed by atoms with E-state index < -0.39 is 46.1 Å². The van der Waals surface area contributed by atoms with E-state index in [-0.39, 0.29) is 17.9 Å². The zero-order valence-electron chi connectivity index (χ0n) is 25.8. The van der Waals surface area contributed by atoms with E-state index >= 15 is 0 Å². The Morgan fingerprint density at radius 3 is 2.36 bits per heavy atom. The van der Waals surface area contributed by atoms with E-state index in [0.717, 1.165) is 24.1 Å². The minimum atomic E-state index is -4.48. The Labute approximate surface area is 264 Å². The van der Waals surface area contributed by atoms with E-state index in [1.54, 1.807) is 42.4 Å². The molecule has 1 aliphatic rings. The van der Waals surface area contributed by atoms with Crippen molar-refractivity contribution in [2.45, 2.75) is 63.9 Å². The van der Waals surface area contributed by atoms with Crippen LogP contribution in [0.5, 0.6) is 0 Å². The number of halogens is 3. The van der Waals surface area contributed by atoms with Crippen molar-refractivity contribution in [3.63, 3.8) is 0 Å². The van der Waals surface area contributed by atoms with Gasteiger partial charge in [0.15, 0.2) is 0 Å². The largest absolute Gasteiger partial charge is 0.416 e. The second-order valence-corrected chi connectivity index (χ2v) is 14.0. The number of aliphatic hydroxyl groups is 1. The van der Waals surface area contributed by atoms with Crippen molar-refractivity contribution >= 4 is 28.1 Å². The van der Waals surface area contributed by atoms with Gasteiger partial charge in [-0.2, -0.15) is 13.2 Å². The first-order chi connectivity index (χ1) is 21.2. The van der Waals surface area contributed by atoms with Gasteiger partial charge in [-0.3, -0.25) is 18.2 Å². The smallest absolute Gasteiger partial charge is 0.390 e. The average Bonchev–Trinajstić information content (AvgIpc) is 2.99. The molecule has 3 aromatic carbocycles. The van der Waals surface area contributed by atoms with Gasteiger partial charge in [0.25, 0.3) is 5.91 Å². The molecule has 1 aliphatic heterocycles. The molecule has 2 unspecified atom stereocenters. The van der Waals surface area contributed by atoms with Gasteiger partial charge in [-0.1, -0.05) is 42.5 Å². The molecule has 0 radical (unpaired) electrons. The first-order valence-corrected chi connectivity index (χ1v) is 16.7. The number of rotatable bonds is 12. The van der Waals surface area contributed by atoms with Crippen LogP contribution in [-0.4, -0.2) is 57.7 Å². The minimum Gasteiger partial charge on any atom is -0.390 e. The SMILES string of the molecule is CCNc1cc(C(=O)NC(Cc2ccccc2)C(O)CNC(C)(C)c2cccc(C(F)(F)F)c2)cc(N2CCCCS2(O)O)c1. The predicted octanol–water partition coefficient (Wildman–Crippen LogP) is 6.63. The average molecular weight is 649 g/mol. The molecule has 246 valence electrons. The molecule has 1 saturated heterocycles. The van der Waals surface area contributed by atoms with Crippen molar-refractivity contribution in [2.75, 3.05) is 35.0 Å². The van der Waals surface area contributed by atoms with Crippen molar-refractivity contribution in [2.24, 2.45) is 0 Å². The monoisotopic (exact) mass is 648 g/mol. The fourth-order valence-corrected chi connectivity index (χ4v) is 7.07. The van der Waals surface area contributed by atoms with Crippen LogP contribution >= 0.6 is 10.8 Å². The summed E-state index contributed by atoms with van der Waals surface area (Å²) in [4.78, 5) is 13.7. The summed E-state index contributed by atoms with van der Waals surface area (Å²) >= 11 is 0. The maximum Gasteiger partial charge on any atom is 0.416 e. The third kappa shape index (κ3) is 9.14. The van der Waals surface area contributed by atoms with Crippen LogP contribution in [0.4, 0.5) is 24.5 Å². The van der Waals surface area contributed by atoms with Gasteiger partial charge in [-0.15, -0.1) is 10.8 Å². The highest BCUT2D eigenvalue weighted by Crippen LogP contribution is 2.50. The Hall–Kier alpha value is -3.29. The van der Waals surface area contributed by atoms with Crippen molar-refractivity contribution in [1.82, 2.24) is 10.6 Å². The number of carbonyl (C=O) groups excluding carboxylic acids is 1. The normalized spacial score (nSPS) is 17.3. The van der Waals surface area contributed by atoms with Gasteiger partial charge in [0.1, 0.15) is 0 Å². The molecule has 12 heteroatoms. The Morgan fingerprint density at radius 1 is 0.978 bits per heavy atom. The lowest BCUT2D eigenvalue weighted by molar-refractivity contribution is -0.137. The number of hydrogen-bond acceptors (Lipinski definition) is 7. The number of aliphatic hydroxyl groups excluding tert-OH is 1. The van der Waals surface area contributed by atoms with Crippen molar-refractivity contribution in [3.05, 3.63) is 95.1 Å². The molecule has 2 atom stereocenters. The minimum absolute atomic E-state index is 0.0155. The molecular weight excluding hydrogens is 605 g/mol. The summed E-state index contributed by atoms with van der Waals surface area (Å²) in [6.45, 7) is 6.40. The van der Waals surface area contributed by atoms with Crippen LogP contribution in [0.25, 0.3) is 0 Å². The first-order valence-electron chi connectivity index (χ1n) is 15.1. The molecule has 0 spiro atoms. The summed E-state index contributed by atoms with van der Waals surface area (Å²) in [5, 5.41) is 20.7. The summed E-state index contributed by atoms with van der Waals surface area (Å²) in [7, 11) is -3.02. The summed E-state index contributed by atoms with van der Waals surface area (Å²) in [5.74, 6) is -0.198. The van der Waals surface area contributed by atoms with E-state index in [1.165, 1.54) is 6.07 Å². The van der Waals surface area contributed by atoms with Crippen LogP contribution in [0.15, 0.2) is 72.8 Å². The van der Waals surface area contributed by atoms with Crippen LogP contribution in [-0.2, 0) is 18.1 Å². The van der Waals surface area contributed by atoms with Crippen LogP contribution in [0.1, 0.15) is 60.7 Å². The molecule has 0 saturated carbocycles. The molecule has 1 heterocycles. The van der Waals surface area contributed by atoms with Gasteiger partial charge in [0.05, 0.1) is 29.1 Å². The maximum atomic E-state index is 13.7.